The SMILES string of the molecule is CCC(=C/c1oc2ccc(-c3ccccc3)cc2c1CS(=O)(=O)O)/C=C1\Oc2ccc(-c3ccccc3)cc2N1CCS(=O)(=O)ON1C=CC=CC1.CCCCCN1C(=Cc2oc3ccc(-c4ccccc4)cc3c2CS(=O)(=O)O)Oc2ccc(-c3ccccc3)cc21. The Morgan fingerprint density at radius 2 is 0.978 bits per heavy atom. The summed E-state index contributed by atoms with van der Waals surface area (Å²) in [7, 11) is -12.8. The van der Waals surface area contributed by atoms with Gasteiger partial charge in [0.1, 0.15) is 34.2 Å². The van der Waals surface area contributed by atoms with Crippen molar-refractivity contribution in [1.29, 1.82) is 0 Å². The summed E-state index contributed by atoms with van der Waals surface area (Å²) in [5, 5.41) is 2.46. The van der Waals surface area contributed by atoms with E-state index in [-0.39, 0.29) is 18.1 Å². The Kier molecular flexibility index (Phi) is 18.8. The summed E-state index contributed by atoms with van der Waals surface area (Å²) in [6.45, 7) is 5.15. The molecule has 0 amide bonds. The van der Waals surface area contributed by atoms with E-state index in [2.05, 4.69) is 30.0 Å². The Hall–Kier alpha value is -9.73. The lowest BCUT2D eigenvalue weighted by molar-refractivity contribution is 0.0121. The molecule has 3 aliphatic rings. The molecule has 2 aromatic heterocycles. The van der Waals surface area contributed by atoms with E-state index >= 15 is 0 Å². The normalized spacial score (nSPS) is 14.8. The monoisotopic (exact) mass is 1300 g/mol. The van der Waals surface area contributed by atoms with E-state index in [0.29, 0.717) is 80.6 Å². The van der Waals surface area contributed by atoms with Crippen molar-refractivity contribution in [1.82, 2.24) is 5.06 Å². The molecule has 93 heavy (non-hydrogen) atoms. The number of fused-ring (bicyclic) bond motifs is 4. The van der Waals surface area contributed by atoms with Gasteiger partial charge < -0.3 is 28.1 Å². The van der Waals surface area contributed by atoms with Crippen molar-refractivity contribution < 1.29 is 57.0 Å². The van der Waals surface area contributed by atoms with Gasteiger partial charge in [-0.15, -0.1) is 4.28 Å². The van der Waals surface area contributed by atoms with Crippen LogP contribution in [0.25, 0.3) is 78.6 Å². The number of hydroxylamine groups is 2. The Morgan fingerprint density at radius 1 is 0.516 bits per heavy atom. The van der Waals surface area contributed by atoms with E-state index in [1.807, 2.05) is 183 Å². The molecule has 0 saturated carbocycles. The lowest BCUT2D eigenvalue weighted by Gasteiger charge is -2.22. The minimum Gasteiger partial charge on any atom is -0.456 e. The largest absolute Gasteiger partial charge is 0.456 e. The molecule has 0 saturated heterocycles. The van der Waals surface area contributed by atoms with E-state index in [9.17, 15) is 34.4 Å². The van der Waals surface area contributed by atoms with Crippen molar-refractivity contribution in [2.45, 2.75) is 51.0 Å². The number of anilines is 2. The third-order valence-electron chi connectivity index (χ3n) is 16.0. The molecule has 0 atom stereocenters. The first kappa shape index (κ1) is 63.4. The van der Waals surface area contributed by atoms with Crippen molar-refractivity contribution in [3.63, 3.8) is 0 Å². The molecule has 8 aromatic carbocycles. The van der Waals surface area contributed by atoms with Crippen molar-refractivity contribution in [2.24, 2.45) is 0 Å². The minimum absolute atomic E-state index is 0.0186. The van der Waals surface area contributed by atoms with Crippen molar-refractivity contribution in [3.8, 4) is 56.0 Å². The molecule has 0 unspecified atom stereocenters. The maximum atomic E-state index is 13.1. The predicted octanol–water partition coefficient (Wildman–Crippen LogP) is 16.9. The van der Waals surface area contributed by atoms with Crippen LogP contribution in [0.2, 0.25) is 0 Å². The van der Waals surface area contributed by atoms with Gasteiger partial charge in [-0.1, -0.05) is 184 Å². The summed E-state index contributed by atoms with van der Waals surface area (Å²) in [5.74, 6) is 1.27. The summed E-state index contributed by atoms with van der Waals surface area (Å²) in [4.78, 5) is 3.92. The summed E-state index contributed by atoms with van der Waals surface area (Å²) >= 11 is 0. The quantitative estimate of drug-likeness (QED) is 0.0507. The van der Waals surface area contributed by atoms with Crippen LogP contribution in [0, 0.1) is 0 Å². The number of rotatable bonds is 21. The highest BCUT2D eigenvalue weighted by atomic mass is 32.2. The van der Waals surface area contributed by atoms with Crippen LogP contribution in [0.4, 0.5) is 11.4 Å². The van der Waals surface area contributed by atoms with Gasteiger partial charge in [-0.05, 0) is 124 Å². The molecule has 0 aliphatic carbocycles. The van der Waals surface area contributed by atoms with Gasteiger partial charge in [-0.3, -0.25) is 9.11 Å². The molecule has 0 spiro atoms. The van der Waals surface area contributed by atoms with E-state index in [0.717, 1.165) is 81.8 Å². The molecule has 0 bridgehead atoms. The lowest BCUT2D eigenvalue weighted by atomic mass is 10.0. The number of ether oxygens (including phenoxy) is 2. The Bertz CT molecular complexity index is 4890. The van der Waals surface area contributed by atoms with Crippen LogP contribution in [0.3, 0.4) is 0 Å². The van der Waals surface area contributed by atoms with Crippen LogP contribution in [0.5, 0.6) is 11.5 Å². The molecule has 0 radical (unpaired) electrons. The second-order valence-electron chi connectivity index (χ2n) is 22.6. The highest BCUT2D eigenvalue weighted by molar-refractivity contribution is 7.86. The fraction of sp³-hybridized carbons (Fsp3) is 0.162. The zero-order valence-corrected chi connectivity index (χ0v) is 53.5. The molecular formula is C74H67N3O13S3. The highest BCUT2D eigenvalue weighted by Gasteiger charge is 2.32. The number of unbranched alkanes of at least 4 members (excludes halogenated alkanes) is 2. The molecule has 19 heteroatoms. The second-order valence-corrected chi connectivity index (χ2v) is 27.1. The van der Waals surface area contributed by atoms with E-state index in [1.165, 1.54) is 5.06 Å². The van der Waals surface area contributed by atoms with Gasteiger partial charge >= 0.3 is 0 Å². The average Bonchev–Trinajstić information content (AvgIpc) is 1.65. The third-order valence-corrected chi connectivity index (χ3v) is 18.4. The van der Waals surface area contributed by atoms with Crippen LogP contribution in [-0.2, 0) is 46.1 Å². The fourth-order valence-corrected chi connectivity index (χ4v) is 13.7. The zero-order chi connectivity index (χ0) is 64.7. The Labute approximate surface area is 541 Å². The molecule has 16 nitrogen and oxygen atoms in total. The first-order valence-electron chi connectivity index (χ1n) is 30.5. The van der Waals surface area contributed by atoms with E-state index in [1.54, 1.807) is 47.5 Å². The number of allylic oxidation sites excluding steroid dienone is 4. The standard InChI is InChI=1S/C40H36N2O8S2.C34H31NO5S/c1-2-29(24-39-35(28-51(43,44)45)34-26-32(16-18-37(34)48-39)30-12-6-3-7-13-30)25-40-42(22-23-52(46,47)50-41-20-10-5-11-21-41)36-27-33(17-19-38(36)49-40)31-14-8-4-9-15-31;1-2-3-10-19-35-30-21-27(25-13-8-5-9-14-25)16-18-32(30)40-34(35)22-33-29(23-41(36,37)38)28-20-26(15-17-31(28)39-33)24-11-6-4-7-12-24/h3-20,24-27H,2,21-23,28H2,1H3,(H,43,44,45);4-9,11-18,20-22H,2-3,10,19,23H2,1H3,(H,36,37,38)/b29-24-,40-25-;. The first-order chi connectivity index (χ1) is 44.9. The number of furan rings is 2. The topological polar surface area (TPSA) is 207 Å². The summed E-state index contributed by atoms with van der Waals surface area (Å²) in [6, 6.07) is 62.7. The maximum absolute atomic E-state index is 13.1. The van der Waals surface area contributed by atoms with Crippen molar-refractivity contribution >= 4 is 75.8 Å². The third kappa shape index (κ3) is 15.3. The van der Waals surface area contributed by atoms with E-state index in [4.69, 9.17) is 22.6 Å². The summed E-state index contributed by atoms with van der Waals surface area (Å²) in [6.07, 6.45) is 15.7. The fourth-order valence-electron chi connectivity index (χ4n) is 11.4. The number of nitrogens with zero attached hydrogens (tertiary/aromatic N) is 3. The molecule has 3 aliphatic heterocycles. The van der Waals surface area contributed by atoms with Crippen LogP contribution in [-0.4, -0.2) is 64.8 Å². The second kappa shape index (κ2) is 27.6. The van der Waals surface area contributed by atoms with Crippen molar-refractivity contribution in [2.75, 3.05) is 35.2 Å². The maximum Gasteiger partial charge on any atom is 0.289 e. The lowest BCUT2D eigenvalue weighted by Crippen LogP contribution is -2.31. The van der Waals surface area contributed by atoms with Crippen LogP contribution in [0.1, 0.15) is 62.2 Å². The summed E-state index contributed by atoms with van der Waals surface area (Å²) < 4.78 is 125. The molecular weight excluding hydrogens is 1240 g/mol. The van der Waals surface area contributed by atoms with E-state index < -0.39 is 41.9 Å². The van der Waals surface area contributed by atoms with Gasteiger partial charge in [0.15, 0.2) is 11.5 Å². The first-order valence-corrected chi connectivity index (χ1v) is 35.3. The molecule has 2 N–H and O–H groups in total. The molecule has 474 valence electrons. The Morgan fingerprint density at radius 3 is 1.45 bits per heavy atom. The molecule has 10 aromatic rings. The van der Waals surface area contributed by atoms with Gasteiger partial charge in [0.2, 0.25) is 11.8 Å². The van der Waals surface area contributed by atoms with Gasteiger partial charge in [0.05, 0.1) is 23.7 Å². The average molecular weight is 1300 g/mol. The smallest absolute Gasteiger partial charge is 0.289 e. The highest BCUT2D eigenvalue weighted by Crippen LogP contribution is 2.45. The molecule has 13 rings (SSSR count). The Balaban J connectivity index is 0.000000184. The zero-order valence-electron chi connectivity index (χ0n) is 51.0. The van der Waals surface area contributed by atoms with Crippen LogP contribution in [0.15, 0.2) is 251 Å². The van der Waals surface area contributed by atoms with Gasteiger partial charge in [0.25, 0.3) is 30.4 Å². The van der Waals surface area contributed by atoms with Crippen LogP contribution >= 0.6 is 0 Å². The molecule has 5 heterocycles. The predicted molar refractivity (Wildman–Crippen MR) is 367 cm³/mol. The summed E-state index contributed by atoms with van der Waals surface area (Å²) in [5.41, 5.74) is 11.9. The van der Waals surface area contributed by atoms with Crippen molar-refractivity contribution in [3.05, 3.63) is 265 Å². The number of hydrogen-bond acceptors (Lipinski definition) is 14. The minimum atomic E-state index is -4.43. The molecule has 0 fully saturated rings. The van der Waals surface area contributed by atoms with Gasteiger partial charge in [-0.2, -0.15) is 25.3 Å². The van der Waals surface area contributed by atoms with Gasteiger partial charge in [0, 0.05) is 53.3 Å². The van der Waals surface area contributed by atoms with Crippen LogP contribution < -0.4 is 19.3 Å². The number of benzene rings is 8. The van der Waals surface area contributed by atoms with Gasteiger partial charge in [-0.25, -0.2) is 5.06 Å². The number of hydrogen-bond donors (Lipinski definition) is 2.